The molecule has 2 fully saturated rings. The molecule has 24 nitrogen and oxygen atoms in total. The second kappa shape index (κ2) is 13.8. The highest BCUT2D eigenvalue weighted by Crippen LogP contribution is 2.61. The summed E-state index contributed by atoms with van der Waals surface area (Å²) in [5.74, 6) is -1.35. The van der Waals surface area contributed by atoms with Gasteiger partial charge in [-0.15, -0.1) is 0 Å². The van der Waals surface area contributed by atoms with Gasteiger partial charge in [-0.05, 0) is 6.07 Å². The first kappa shape index (κ1) is 36.4. The fourth-order valence-corrected chi connectivity index (χ4v) is 7.45. The van der Waals surface area contributed by atoms with Crippen LogP contribution in [-0.2, 0) is 41.1 Å². The number of nitrogen functional groups attached to an aromatic ring is 1. The van der Waals surface area contributed by atoms with E-state index in [4.69, 9.17) is 15.2 Å². The highest BCUT2D eigenvalue weighted by molar-refractivity contribution is 7.61. The summed E-state index contributed by atoms with van der Waals surface area (Å²) in [6.07, 6.45) is -8.76. The van der Waals surface area contributed by atoms with Gasteiger partial charge in [0.2, 0.25) is 0 Å². The lowest BCUT2D eigenvalue weighted by Gasteiger charge is -2.22. The monoisotopic (exact) mass is 745 g/mol. The molecule has 10 unspecified atom stereocenters. The van der Waals surface area contributed by atoms with E-state index >= 15 is 0 Å². The van der Waals surface area contributed by atoms with Gasteiger partial charge in [0.1, 0.15) is 47.9 Å². The highest BCUT2D eigenvalue weighted by Gasteiger charge is 2.51. The number of nitrogens with zero attached hydrogens (tertiary/aromatic N) is 5. The van der Waals surface area contributed by atoms with E-state index in [1.54, 1.807) is 0 Å². The third-order valence-electron chi connectivity index (χ3n) is 6.94. The molecule has 0 radical (unpaired) electrons. The smallest absolute Gasteiger partial charge is 0.477 e. The van der Waals surface area contributed by atoms with E-state index < -0.39 is 91.7 Å². The quantitative estimate of drug-likeness (QED) is 0.0656. The summed E-state index contributed by atoms with van der Waals surface area (Å²) in [6.45, 7) is -2.07. The molecule has 2 aliphatic heterocycles. The fraction of sp³-hybridized carbons (Fsp3) is 0.476. The van der Waals surface area contributed by atoms with Crippen LogP contribution in [0.5, 0.6) is 0 Å². The number of pyridine rings is 1. The Morgan fingerprint density at radius 3 is 2.23 bits per heavy atom. The number of carbonyl (C=O) groups is 1. The first-order chi connectivity index (χ1) is 22.4. The minimum atomic E-state index is -5.54. The zero-order chi connectivity index (χ0) is 35.2. The predicted molar refractivity (Wildman–Crippen MR) is 149 cm³/mol. The maximum absolute atomic E-state index is 12.6. The number of aliphatic hydroxyl groups excluding tert-OH is 3. The molecule has 3 aromatic heterocycles. The van der Waals surface area contributed by atoms with Gasteiger partial charge in [-0.3, -0.25) is 18.1 Å². The number of ether oxygens (including phenoxy) is 2. The van der Waals surface area contributed by atoms with Crippen molar-refractivity contribution in [2.24, 2.45) is 0 Å². The van der Waals surface area contributed by atoms with Crippen LogP contribution in [0, 0.1) is 0 Å². The first-order valence-corrected chi connectivity index (χ1v) is 17.8. The van der Waals surface area contributed by atoms with E-state index in [1.807, 2.05) is 0 Å². The Bertz CT molecular complexity index is 1810. The first-order valence-electron chi connectivity index (χ1n) is 13.3. The van der Waals surface area contributed by atoms with Crippen molar-refractivity contribution in [1.82, 2.24) is 19.5 Å². The Morgan fingerprint density at radius 1 is 0.958 bits per heavy atom. The normalized spacial score (nSPS) is 30.3. The minimum absolute atomic E-state index is 0.00214. The number of imidazole rings is 1. The topological polar surface area (TPSA) is 359 Å². The third-order valence-corrected chi connectivity index (χ3v) is 10.1. The van der Waals surface area contributed by atoms with E-state index in [1.165, 1.54) is 18.3 Å². The van der Waals surface area contributed by atoms with Crippen molar-refractivity contribution in [2.75, 3.05) is 18.9 Å². The Balaban J connectivity index is 1.21. The van der Waals surface area contributed by atoms with Crippen LogP contribution in [0.15, 0.2) is 37.2 Å². The molecule has 2 saturated heterocycles. The lowest BCUT2D eigenvalue weighted by atomic mass is 10.1. The summed E-state index contributed by atoms with van der Waals surface area (Å²) < 4.78 is 68.2. The van der Waals surface area contributed by atoms with Gasteiger partial charge in [0.05, 0.1) is 19.5 Å². The van der Waals surface area contributed by atoms with Gasteiger partial charge < -0.3 is 55.2 Å². The Labute approximate surface area is 267 Å². The Morgan fingerprint density at radius 2 is 1.60 bits per heavy atom. The number of phosphoric acid groups is 3. The van der Waals surface area contributed by atoms with Crippen molar-refractivity contribution in [3.63, 3.8) is 0 Å². The molecule has 0 aliphatic carbocycles. The van der Waals surface area contributed by atoms with Crippen LogP contribution in [0.25, 0.3) is 11.2 Å². The maximum Gasteiger partial charge on any atom is 0.481 e. The zero-order valence-electron chi connectivity index (χ0n) is 23.8. The molecule has 264 valence electrons. The maximum atomic E-state index is 12.6. The standard InChI is InChI=1S/C21H27N6O18P3/c22-17-12-18(24-7-23-17)27(8-25-12)20-16(44-46(33,34)35)14(29)11(43-20)6-41-48(38,39)45-47(36,37)40-5-10-13(28)15(30)19(42-10)26-3-1-2-9(4-26)21(31)32/h1-4,7-8,10-11,13-16,19-20,28-30H,5-6H2,(H6-,22,23,24,31,32,33,34,35,36,37,38,39)/p+1. The van der Waals surface area contributed by atoms with E-state index in [9.17, 15) is 58.5 Å². The number of carboxylic acids is 1. The molecule has 0 saturated carbocycles. The summed E-state index contributed by atoms with van der Waals surface area (Å²) in [4.78, 5) is 61.9. The summed E-state index contributed by atoms with van der Waals surface area (Å²) in [5, 5.41) is 40.6. The number of anilines is 1. The molecule has 27 heteroatoms. The van der Waals surface area contributed by atoms with Crippen molar-refractivity contribution in [1.29, 1.82) is 0 Å². The molecule has 5 rings (SSSR count). The van der Waals surface area contributed by atoms with E-state index in [0.29, 0.717) is 0 Å². The van der Waals surface area contributed by atoms with Gasteiger partial charge in [0, 0.05) is 6.07 Å². The average molecular weight is 745 g/mol. The second-order valence-electron chi connectivity index (χ2n) is 10.2. The van der Waals surface area contributed by atoms with Crippen molar-refractivity contribution < 1.29 is 90.4 Å². The SMILES string of the molecule is Nc1ncnc2c1ncn2C1OC(COP(=O)(O)OP(=O)(O)OCC2OC([n+]3cccc(C(=O)O)c3)C(O)C2O)C(O)C1OP(=O)(O)O. The number of phosphoric ester groups is 3. The number of carboxylic acid groups (broad SMARTS) is 1. The second-order valence-corrected chi connectivity index (χ2v) is 14.4. The van der Waals surface area contributed by atoms with Gasteiger partial charge in [-0.25, -0.2) is 33.4 Å². The number of fused-ring (bicyclic) bond motifs is 1. The number of aliphatic hydroxyl groups is 3. The molecule has 10 N–H and O–H groups in total. The van der Waals surface area contributed by atoms with Crippen LogP contribution >= 0.6 is 23.5 Å². The van der Waals surface area contributed by atoms with E-state index in [0.717, 1.165) is 28.0 Å². The summed E-state index contributed by atoms with van der Waals surface area (Å²) >= 11 is 0. The van der Waals surface area contributed by atoms with Gasteiger partial charge in [0.15, 0.2) is 36.2 Å². The number of nitrogens with two attached hydrogens (primary N) is 1. The van der Waals surface area contributed by atoms with Gasteiger partial charge in [-0.1, -0.05) is 0 Å². The number of rotatable bonds is 13. The van der Waals surface area contributed by atoms with E-state index in [2.05, 4.69) is 32.8 Å². The molecule has 0 bridgehead atoms. The highest BCUT2D eigenvalue weighted by atomic mass is 31.3. The molecule has 2 aliphatic rings. The molecular formula is C21H28N6O18P3+. The lowest BCUT2D eigenvalue weighted by molar-refractivity contribution is -0.765. The van der Waals surface area contributed by atoms with Gasteiger partial charge in [0.25, 0.3) is 6.23 Å². The third kappa shape index (κ3) is 8.12. The van der Waals surface area contributed by atoms with Crippen molar-refractivity contribution in [3.8, 4) is 0 Å². The van der Waals surface area contributed by atoms with Crippen LogP contribution in [0.1, 0.15) is 22.8 Å². The lowest BCUT2D eigenvalue weighted by Crippen LogP contribution is -2.46. The van der Waals surface area contributed by atoms with Crippen molar-refractivity contribution in [3.05, 3.63) is 42.7 Å². The van der Waals surface area contributed by atoms with Crippen LogP contribution in [0.2, 0.25) is 0 Å². The Kier molecular flexibility index (Phi) is 10.5. The molecule has 10 atom stereocenters. The number of hydrogen-bond donors (Lipinski definition) is 9. The summed E-state index contributed by atoms with van der Waals surface area (Å²) in [7, 11) is -16.3. The number of aromatic nitrogens is 5. The van der Waals surface area contributed by atoms with Crippen LogP contribution in [0.3, 0.4) is 0 Å². The van der Waals surface area contributed by atoms with E-state index in [-0.39, 0.29) is 22.5 Å². The summed E-state index contributed by atoms with van der Waals surface area (Å²) in [6, 6.07) is 2.58. The molecule has 5 heterocycles. The molecule has 0 spiro atoms. The average Bonchev–Trinajstić information content (AvgIpc) is 3.64. The molecule has 0 aromatic carbocycles. The molecular weight excluding hydrogens is 717 g/mol. The van der Waals surface area contributed by atoms with Crippen LogP contribution < -0.4 is 10.3 Å². The van der Waals surface area contributed by atoms with Gasteiger partial charge in [-0.2, -0.15) is 8.88 Å². The zero-order valence-corrected chi connectivity index (χ0v) is 26.5. The Hall–Kier alpha value is -2.86. The van der Waals surface area contributed by atoms with Gasteiger partial charge >= 0.3 is 29.4 Å². The number of aromatic carboxylic acids is 1. The molecule has 0 amide bonds. The number of hydrogen-bond acceptors (Lipinski definition) is 17. The minimum Gasteiger partial charge on any atom is -0.477 e. The van der Waals surface area contributed by atoms with Crippen LogP contribution in [0.4, 0.5) is 5.82 Å². The predicted octanol–water partition coefficient (Wildman–Crippen LogP) is -2.30. The van der Waals surface area contributed by atoms with Crippen molar-refractivity contribution in [2.45, 2.75) is 49.1 Å². The largest absolute Gasteiger partial charge is 0.481 e. The van der Waals surface area contributed by atoms with Crippen LogP contribution in [-0.4, -0.2) is 115 Å². The molecule has 3 aromatic rings. The van der Waals surface area contributed by atoms with Crippen molar-refractivity contribution >= 4 is 46.4 Å². The molecule has 48 heavy (non-hydrogen) atoms. The fourth-order valence-electron chi connectivity index (χ4n) is 4.81. The summed E-state index contributed by atoms with van der Waals surface area (Å²) in [5.41, 5.74) is 5.63.